The second kappa shape index (κ2) is 7.89. The maximum atomic E-state index is 13.3. The van der Waals surface area contributed by atoms with Crippen LogP contribution in [0.2, 0.25) is 0 Å². The van der Waals surface area contributed by atoms with Crippen LogP contribution in [0.1, 0.15) is 16.7 Å². The summed E-state index contributed by atoms with van der Waals surface area (Å²) in [5, 5.41) is 0. The topological polar surface area (TPSA) is 54.5 Å². The van der Waals surface area contributed by atoms with Crippen molar-refractivity contribution in [1.29, 1.82) is 0 Å². The first-order valence-electron chi connectivity index (χ1n) is 9.12. The van der Waals surface area contributed by atoms with Gasteiger partial charge in [0.15, 0.2) is 0 Å². The number of benzene rings is 3. The minimum Gasteiger partial charge on any atom is -0.273 e. The summed E-state index contributed by atoms with van der Waals surface area (Å²) in [7, 11) is -4.02. The minimum absolute atomic E-state index is 0.0207. The Morgan fingerprint density at radius 1 is 0.862 bits per heavy atom. The van der Waals surface area contributed by atoms with Gasteiger partial charge in [-0.3, -0.25) is 4.79 Å². The van der Waals surface area contributed by atoms with E-state index in [0.29, 0.717) is 4.91 Å². The predicted octanol–water partition coefficient (Wildman–Crippen LogP) is 4.86. The van der Waals surface area contributed by atoms with E-state index in [9.17, 15) is 13.2 Å². The van der Waals surface area contributed by atoms with E-state index in [1.807, 2.05) is 61.5 Å². The zero-order valence-electron chi connectivity index (χ0n) is 15.8. The van der Waals surface area contributed by atoms with Crippen LogP contribution in [0.3, 0.4) is 0 Å². The van der Waals surface area contributed by atoms with E-state index in [1.165, 1.54) is 30.1 Å². The van der Waals surface area contributed by atoms with Crippen LogP contribution in [0, 0.1) is 6.92 Å². The number of nitrogens with zero attached hydrogens (tertiary/aromatic N) is 1. The van der Waals surface area contributed by atoms with Crippen molar-refractivity contribution in [3.8, 4) is 0 Å². The zero-order chi connectivity index (χ0) is 20.4. The number of sulfonamides is 1. The van der Waals surface area contributed by atoms with Crippen molar-refractivity contribution in [2.45, 2.75) is 23.1 Å². The predicted molar refractivity (Wildman–Crippen MR) is 116 cm³/mol. The number of carbonyl (C=O) groups is 1. The van der Waals surface area contributed by atoms with Gasteiger partial charge in [0.05, 0.1) is 11.3 Å². The average molecular weight is 422 g/mol. The molecule has 4 nitrogen and oxygen atoms in total. The summed E-state index contributed by atoms with van der Waals surface area (Å²) in [5.74, 6) is -0.480. The lowest BCUT2D eigenvalue weighted by Crippen LogP contribution is -2.34. The third-order valence-corrected chi connectivity index (χ3v) is 7.52. The number of rotatable bonds is 3. The zero-order valence-corrected chi connectivity index (χ0v) is 17.4. The van der Waals surface area contributed by atoms with Crippen LogP contribution in [-0.2, 0) is 21.2 Å². The van der Waals surface area contributed by atoms with E-state index in [-0.39, 0.29) is 11.3 Å². The highest BCUT2D eigenvalue weighted by Crippen LogP contribution is 2.39. The fourth-order valence-electron chi connectivity index (χ4n) is 3.08. The van der Waals surface area contributed by atoms with Crippen molar-refractivity contribution in [2.75, 3.05) is 0 Å². The average Bonchev–Trinajstić information content (AvgIpc) is 2.71. The first-order valence-corrected chi connectivity index (χ1v) is 11.4. The van der Waals surface area contributed by atoms with Crippen LogP contribution in [0.25, 0.3) is 4.91 Å². The molecular weight excluding hydrogens is 402 g/mol. The van der Waals surface area contributed by atoms with Crippen LogP contribution in [0.15, 0.2) is 94.9 Å². The normalized spacial score (nSPS) is 16.4. The summed E-state index contributed by atoms with van der Waals surface area (Å²) in [4.78, 5) is 14.8. The molecule has 0 bridgehead atoms. The Balaban J connectivity index is 1.87. The monoisotopic (exact) mass is 421 g/mol. The molecule has 0 radical (unpaired) electrons. The van der Waals surface area contributed by atoms with Crippen LogP contribution in [-0.4, -0.2) is 18.6 Å². The van der Waals surface area contributed by atoms with E-state index in [4.69, 9.17) is 0 Å². The van der Waals surface area contributed by atoms with Gasteiger partial charge >= 0.3 is 0 Å². The molecule has 0 fully saturated rings. The minimum atomic E-state index is -4.02. The number of carbonyl (C=O) groups excluding carboxylic acids is 1. The molecule has 0 atom stereocenters. The van der Waals surface area contributed by atoms with Crippen molar-refractivity contribution in [3.63, 3.8) is 0 Å². The number of amides is 1. The lowest BCUT2D eigenvalue weighted by molar-refractivity contribution is -0.124. The number of thioether (sulfide) groups is 1. The van der Waals surface area contributed by atoms with E-state index >= 15 is 0 Å². The second-order valence-corrected chi connectivity index (χ2v) is 9.65. The summed E-state index contributed by atoms with van der Waals surface area (Å²) in [6, 6.07) is 23.6. The Hall–Kier alpha value is -2.83. The molecule has 3 aromatic carbocycles. The highest BCUT2D eigenvalue weighted by atomic mass is 32.2. The highest BCUT2D eigenvalue weighted by Gasteiger charge is 2.30. The fraction of sp³-hybridized carbons (Fsp3) is 0.0870. The van der Waals surface area contributed by atoms with Gasteiger partial charge in [0.2, 0.25) is 5.91 Å². The first kappa shape index (κ1) is 19.5. The van der Waals surface area contributed by atoms with Crippen LogP contribution < -0.4 is 0 Å². The van der Waals surface area contributed by atoms with Gasteiger partial charge < -0.3 is 0 Å². The third kappa shape index (κ3) is 3.99. The molecule has 0 aliphatic carbocycles. The van der Waals surface area contributed by atoms with Gasteiger partial charge in [-0.1, -0.05) is 78.0 Å². The summed E-state index contributed by atoms with van der Waals surface area (Å²) in [6.07, 6.45) is 1.47. The molecule has 0 saturated carbocycles. The van der Waals surface area contributed by atoms with Gasteiger partial charge in [0, 0.05) is 16.0 Å². The Morgan fingerprint density at radius 2 is 1.52 bits per heavy atom. The number of fused-ring (bicyclic) bond motifs is 1. The molecule has 1 amide bonds. The number of hydrogen-bond donors (Lipinski definition) is 0. The molecule has 0 aromatic heterocycles. The fourth-order valence-corrected chi connectivity index (χ4v) is 5.49. The van der Waals surface area contributed by atoms with Crippen molar-refractivity contribution >= 4 is 32.6 Å². The summed E-state index contributed by atoms with van der Waals surface area (Å²) >= 11 is 1.47. The highest BCUT2D eigenvalue weighted by molar-refractivity contribution is 8.08. The summed E-state index contributed by atoms with van der Waals surface area (Å²) in [5.41, 5.74) is 2.62. The van der Waals surface area contributed by atoms with Crippen molar-refractivity contribution in [3.05, 3.63) is 102 Å². The van der Waals surface area contributed by atoms with Crippen molar-refractivity contribution in [2.24, 2.45) is 0 Å². The van der Waals surface area contributed by atoms with Crippen LogP contribution in [0.4, 0.5) is 0 Å². The molecule has 6 heteroatoms. The summed E-state index contributed by atoms with van der Waals surface area (Å²) in [6.45, 7) is 1.89. The van der Waals surface area contributed by atoms with Gasteiger partial charge in [-0.15, -0.1) is 0 Å². The van der Waals surface area contributed by atoms with Crippen LogP contribution in [0.5, 0.6) is 0 Å². The molecule has 0 saturated heterocycles. The maximum absolute atomic E-state index is 13.3. The second-order valence-electron chi connectivity index (χ2n) is 6.75. The lowest BCUT2D eigenvalue weighted by Gasteiger charge is -2.24. The molecule has 146 valence electrons. The Labute approximate surface area is 174 Å². The lowest BCUT2D eigenvalue weighted by atomic mass is 10.1. The molecular formula is C23H19NO3S2. The molecule has 29 heavy (non-hydrogen) atoms. The van der Waals surface area contributed by atoms with E-state index in [2.05, 4.69) is 0 Å². The SMILES string of the molecule is Cc1ccc(S(=O)(=O)N2/C=C(/c3ccccc3)Sc3ccccc3CC2=O)cc1. The Morgan fingerprint density at radius 3 is 2.24 bits per heavy atom. The maximum Gasteiger partial charge on any atom is 0.270 e. The quantitative estimate of drug-likeness (QED) is 0.606. The molecule has 0 spiro atoms. The van der Waals surface area contributed by atoms with Crippen molar-refractivity contribution < 1.29 is 13.2 Å². The number of hydrogen-bond acceptors (Lipinski definition) is 4. The molecule has 0 N–H and O–H groups in total. The third-order valence-electron chi connectivity index (χ3n) is 4.65. The van der Waals surface area contributed by atoms with Gasteiger partial charge in [-0.05, 0) is 36.2 Å². The smallest absolute Gasteiger partial charge is 0.270 e. The van der Waals surface area contributed by atoms with E-state index in [1.54, 1.807) is 12.1 Å². The molecule has 1 heterocycles. The standard InChI is InChI=1S/C23H19NO3S2/c1-17-11-13-20(14-12-17)29(26,27)24-16-22(18-7-3-2-4-8-18)28-21-10-6-5-9-19(21)15-23(24)25/h2-14,16H,15H2,1H3/b22-16-. The largest absolute Gasteiger partial charge is 0.273 e. The number of aryl methyl sites for hydroxylation is 1. The molecule has 3 aromatic rings. The molecule has 4 rings (SSSR count). The van der Waals surface area contributed by atoms with Crippen LogP contribution >= 0.6 is 11.8 Å². The van der Waals surface area contributed by atoms with E-state index in [0.717, 1.165) is 25.9 Å². The Bertz CT molecular complexity index is 1180. The molecule has 1 aliphatic heterocycles. The van der Waals surface area contributed by atoms with Crippen molar-refractivity contribution in [1.82, 2.24) is 4.31 Å². The molecule has 0 unspecified atom stereocenters. The van der Waals surface area contributed by atoms with Gasteiger partial charge in [-0.2, -0.15) is 0 Å². The Kier molecular flexibility index (Phi) is 5.30. The summed E-state index contributed by atoms with van der Waals surface area (Å²) < 4.78 is 27.5. The van der Waals surface area contributed by atoms with Gasteiger partial charge in [0.1, 0.15) is 0 Å². The van der Waals surface area contributed by atoms with E-state index < -0.39 is 15.9 Å². The van der Waals surface area contributed by atoms with Gasteiger partial charge in [0.25, 0.3) is 10.0 Å². The van der Waals surface area contributed by atoms with Gasteiger partial charge in [-0.25, -0.2) is 12.7 Å². The first-order chi connectivity index (χ1) is 13.9. The molecule has 1 aliphatic rings.